The summed E-state index contributed by atoms with van der Waals surface area (Å²) in [6, 6.07) is 7.79. The molecule has 8 heteroatoms. The number of amides is 2. The predicted molar refractivity (Wildman–Crippen MR) is 87.4 cm³/mol. The van der Waals surface area contributed by atoms with Gasteiger partial charge < -0.3 is 19.7 Å². The second-order valence-electron chi connectivity index (χ2n) is 5.53. The van der Waals surface area contributed by atoms with Crippen LogP contribution in [0.2, 0.25) is 0 Å². The molecule has 128 valence electrons. The highest BCUT2D eigenvalue weighted by molar-refractivity contribution is 8.00. The van der Waals surface area contributed by atoms with Crippen LogP contribution in [-0.2, 0) is 19.1 Å². The van der Waals surface area contributed by atoms with Crippen LogP contribution in [0.5, 0.6) is 5.75 Å². The molecule has 0 aliphatic carbocycles. The van der Waals surface area contributed by atoms with Crippen molar-refractivity contribution in [3.63, 3.8) is 0 Å². The molecule has 7 nitrogen and oxygen atoms in total. The summed E-state index contributed by atoms with van der Waals surface area (Å²) in [4.78, 5) is 37.8. The van der Waals surface area contributed by atoms with E-state index in [1.165, 1.54) is 23.8 Å². The first-order valence-electron chi connectivity index (χ1n) is 7.59. The molecule has 0 unspecified atom stereocenters. The Kier molecular flexibility index (Phi) is 4.94. The van der Waals surface area contributed by atoms with Crippen LogP contribution in [0.3, 0.4) is 0 Å². The van der Waals surface area contributed by atoms with Crippen LogP contribution in [0.4, 0.5) is 0 Å². The Balaban J connectivity index is 1.54. The molecule has 2 aliphatic heterocycles. The van der Waals surface area contributed by atoms with Crippen LogP contribution < -0.4 is 10.1 Å². The summed E-state index contributed by atoms with van der Waals surface area (Å²) in [5.74, 6) is 0.0949. The Morgan fingerprint density at radius 1 is 1.33 bits per heavy atom. The largest absolute Gasteiger partial charge is 0.484 e. The van der Waals surface area contributed by atoms with Gasteiger partial charge in [-0.1, -0.05) is 18.2 Å². The number of hydrogen-bond acceptors (Lipinski definition) is 6. The minimum Gasteiger partial charge on any atom is -0.484 e. The summed E-state index contributed by atoms with van der Waals surface area (Å²) in [6.07, 6.45) is 0.480. The molecule has 2 aliphatic rings. The van der Waals surface area contributed by atoms with Crippen molar-refractivity contribution >= 4 is 29.5 Å². The molecule has 2 fully saturated rings. The van der Waals surface area contributed by atoms with Gasteiger partial charge >= 0.3 is 5.97 Å². The molecule has 0 saturated carbocycles. The van der Waals surface area contributed by atoms with Gasteiger partial charge in [0.15, 0.2) is 6.61 Å². The highest BCUT2D eigenvalue weighted by Crippen LogP contribution is 2.38. The Morgan fingerprint density at radius 2 is 2.08 bits per heavy atom. The van der Waals surface area contributed by atoms with Crippen molar-refractivity contribution in [2.24, 2.45) is 0 Å². The molecule has 3 atom stereocenters. The average Bonchev–Trinajstić information content (AvgIpc) is 3.14. The van der Waals surface area contributed by atoms with Gasteiger partial charge in [-0.25, -0.2) is 4.79 Å². The maximum atomic E-state index is 12.5. The van der Waals surface area contributed by atoms with Crippen LogP contribution in [0.15, 0.2) is 30.3 Å². The maximum Gasteiger partial charge on any atom is 0.329 e. The van der Waals surface area contributed by atoms with Crippen LogP contribution in [-0.4, -0.2) is 59.6 Å². The molecule has 1 aromatic carbocycles. The van der Waals surface area contributed by atoms with Crippen LogP contribution >= 0.6 is 11.8 Å². The highest BCUT2D eigenvalue weighted by atomic mass is 32.2. The zero-order valence-corrected chi connectivity index (χ0v) is 14.0. The summed E-state index contributed by atoms with van der Waals surface area (Å²) >= 11 is 1.53. The molecule has 1 N–H and O–H groups in total. The smallest absolute Gasteiger partial charge is 0.329 e. The van der Waals surface area contributed by atoms with Gasteiger partial charge in [0.1, 0.15) is 17.8 Å². The van der Waals surface area contributed by atoms with E-state index in [9.17, 15) is 14.4 Å². The SMILES string of the molecule is COC(=O)[C@H]1CS[C@@H]2C[C@H](NC(=O)COc3ccccc3)C(=O)N12. The number of fused-ring (bicyclic) bond motifs is 1. The normalized spacial score (nSPS) is 25.3. The first kappa shape index (κ1) is 16.6. The lowest BCUT2D eigenvalue weighted by molar-refractivity contribution is -0.150. The Bertz CT molecular complexity index is 639. The quantitative estimate of drug-likeness (QED) is 0.774. The van der Waals surface area contributed by atoms with Gasteiger partial charge in [-0.05, 0) is 12.1 Å². The maximum absolute atomic E-state index is 12.5. The first-order chi connectivity index (χ1) is 11.6. The second-order valence-corrected chi connectivity index (χ2v) is 6.74. The number of carbonyl (C=O) groups is 3. The fraction of sp³-hybridized carbons (Fsp3) is 0.438. The second kappa shape index (κ2) is 7.12. The minimum atomic E-state index is -0.623. The van der Waals surface area contributed by atoms with E-state index in [4.69, 9.17) is 9.47 Å². The molecule has 1 aromatic rings. The number of rotatable bonds is 5. The van der Waals surface area contributed by atoms with Crippen molar-refractivity contribution in [3.05, 3.63) is 30.3 Å². The van der Waals surface area contributed by atoms with Crippen molar-refractivity contribution in [1.82, 2.24) is 10.2 Å². The number of nitrogens with one attached hydrogen (secondary N) is 1. The van der Waals surface area contributed by atoms with Gasteiger partial charge in [0.05, 0.1) is 12.5 Å². The number of esters is 1. The van der Waals surface area contributed by atoms with Gasteiger partial charge in [-0.3, -0.25) is 9.59 Å². The lowest BCUT2D eigenvalue weighted by Gasteiger charge is -2.21. The number of hydrogen-bond donors (Lipinski definition) is 1. The summed E-state index contributed by atoms with van der Waals surface area (Å²) in [6.45, 7) is -0.161. The Labute approximate surface area is 143 Å². The highest BCUT2D eigenvalue weighted by Gasteiger charge is 2.50. The van der Waals surface area contributed by atoms with E-state index in [0.717, 1.165) is 0 Å². The molecule has 0 radical (unpaired) electrons. The number of thioether (sulfide) groups is 1. The fourth-order valence-corrected chi connectivity index (χ4v) is 4.30. The molecular weight excluding hydrogens is 332 g/mol. The standard InChI is InChI=1S/C16H18N2O5S/c1-22-16(21)12-9-24-14-7-11(15(20)18(12)14)17-13(19)8-23-10-5-3-2-4-6-10/h2-6,11-12,14H,7-9H2,1H3,(H,17,19)/t11-,12+,14+/m0/s1. The van der Waals surface area contributed by atoms with E-state index < -0.39 is 18.1 Å². The fourth-order valence-electron chi connectivity index (χ4n) is 2.86. The number of ether oxygens (including phenoxy) is 2. The third kappa shape index (κ3) is 3.33. The molecule has 2 saturated heterocycles. The average molecular weight is 350 g/mol. The lowest BCUT2D eigenvalue weighted by atomic mass is 10.2. The van der Waals surface area contributed by atoms with Crippen molar-refractivity contribution in [2.45, 2.75) is 23.9 Å². The van der Waals surface area contributed by atoms with Crippen molar-refractivity contribution < 1.29 is 23.9 Å². The lowest BCUT2D eigenvalue weighted by Crippen LogP contribution is -2.48. The van der Waals surface area contributed by atoms with Crippen LogP contribution in [0.1, 0.15) is 6.42 Å². The number of benzene rings is 1. The zero-order chi connectivity index (χ0) is 17.1. The van der Waals surface area contributed by atoms with E-state index in [2.05, 4.69) is 5.32 Å². The Hall–Kier alpha value is -2.22. The predicted octanol–water partition coefficient (Wildman–Crippen LogP) is 0.397. The molecule has 2 heterocycles. The summed E-state index contributed by atoms with van der Waals surface area (Å²) < 4.78 is 10.1. The molecule has 2 amide bonds. The molecule has 0 bridgehead atoms. The van der Waals surface area contributed by atoms with E-state index in [0.29, 0.717) is 17.9 Å². The van der Waals surface area contributed by atoms with Gasteiger partial charge in [-0.2, -0.15) is 0 Å². The summed E-state index contributed by atoms with van der Waals surface area (Å²) in [5, 5.41) is 2.59. The third-order valence-corrected chi connectivity index (χ3v) is 5.32. The van der Waals surface area contributed by atoms with Crippen molar-refractivity contribution in [3.8, 4) is 5.75 Å². The third-order valence-electron chi connectivity index (χ3n) is 4.00. The van der Waals surface area contributed by atoms with Crippen LogP contribution in [0, 0.1) is 0 Å². The van der Waals surface area contributed by atoms with E-state index in [1.807, 2.05) is 18.2 Å². The van der Waals surface area contributed by atoms with Gasteiger partial charge in [0, 0.05) is 12.2 Å². The van der Waals surface area contributed by atoms with E-state index in [-0.39, 0.29) is 23.8 Å². The molecular formula is C16H18N2O5S. The first-order valence-corrected chi connectivity index (χ1v) is 8.64. The number of nitrogens with zero attached hydrogens (tertiary/aromatic N) is 1. The van der Waals surface area contributed by atoms with E-state index in [1.54, 1.807) is 12.1 Å². The number of carbonyl (C=O) groups excluding carboxylic acids is 3. The Morgan fingerprint density at radius 3 is 2.79 bits per heavy atom. The number of para-hydroxylation sites is 1. The van der Waals surface area contributed by atoms with E-state index >= 15 is 0 Å². The van der Waals surface area contributed by atoms with Crippen molar-refractivity contribution in [1.29, 1.82) is 0 Å². The summed E-state index contributed by atoms with van der Waals surface area (Å²) in [7, 11) is 1.31. The topological polar surface area (TPSA) is 84.9 Å². The molecule has 0 aromatic heterocycles. The monoisotopic (exact) mass is 350 g/mol. The van der Waals surface area contributed by atoms with Gasteiger partial charge in [0.2, 0.25) is 5.91 Å². The molecule has 0 spiro atoms. The molecule has 24 heavy (non-hydrogen) atoms. The summed E-state index contributed by atoms with van der Waals surface area (Å²) in [5.41, 5.74) is 0. The van der Waals surface area contributed by atoms with Crippen LogP contribution in [0.25, 0.3) is 0 Å². The van der Waals surface area contributed by atoms with Gasteiger partial charge in [0.25, 0.3) is 5.91 Å². The zero-order valence-electron chi connectivity index (χ0n) is 13.1. The minimum absolute atomic E-state index is 0.0954. The van der Waals surface area contributed by atoms with Crippen molar-refractivity contribution in [2.75, 3.05) is 19.5 Å². The molecule has 3 rings (SSSR count). The number of methoxy groups -OCH3 is 1. The van der Waals surface area contributed by atoms with Gasteiger partial charge in [-0.15, -0.1) is 11.8 Å².